The minimum Gasteiger partial charge on any atom is -0.310 e. The average molecular weight is 332 g/mol. The molecule has 1 N–H and O–H groups in total. The minimum absolute atomic E-state index is 0.523. The lowest BCUT2D eigenvalue weighted by Crippen LogP contribution is -2.25. The minimum atomic E-state index is 0.523. The Balaban J connectivity index is 1.77. The third kappa shape index (κ3) is 4.77. The van der Waals surface area contributed by atoms with E-state index in [1.54, 1.807) is 0 Å². The third-order valence-electron chi connectivity index (χ3n) is 3.60. The Labute approximate surface area is 130 Å². The predicted molar refractivity (Wildman–Crippen MR) is 89.9 cm³/mol. The summed E-state index contributed by atoms with van der Waals surface area (Å²) in [6, 6.07) is 17.8. The fourth-order valence-corrected chi connectivity index (χ4v) is 2.59. The Morgan fingerprint density at radius 2 is 1.80 bits per heavy atom. The number of hydrogen-bond donors (Lipinski definition) is 1. The number of benzene rings is 2. The summed E-state index contributed by atoms with van der Waals surface area (Å²) >= 11 is 3.59. The van der Waals surface area contributed by atoms with Gasteiger partial charge in [0.2, 0.25) is 0 Å². The SMILES string of the molecule is Cc1ccc(CNC(C)CCc2ccccc2)cc1Br. The summed E-state index contributed by atoms with van der Waals surface area (Å²) in [6.45, 7) is 5.30. The maximum Gasteiger partial charge on any atom is 0.0208 e. The predicted octanol–water partition coefficient (Wildman–Crippen LogP) is 4.87. The second kappa shape index (κ2) is 7.61. The highest BCUT2D eigenvalue weighted by Crippen LogP contribution is 2.17. The van der Waals surface area contributed by atoms with E-state index in [0.717, 1.165) is 19.4 Å². The van der Waals surface area contributed by atoms with Crippen molar-refractivity contribution in [3.63, 3.8) is 0 Å². The summed E-state index contributed by atoms with van der Waals surface area (Å²) in [5.74, 6) is 0. The molecular weight excluding hydrogens is 310 g/mol. The summed E-state index contributed by atoms with van der Waals surface area (Å²) in [6.07, 6.45) is 2.30. The van der Waals surface area contributed by atoms with Gasteiger partial charge in [-0.3, -0.25) is 0 Å². The third-order valence-corrected chi connectivity index (χ3v) is 4.45. The molecule has 0 saturated heterocycles. The number of nitrogens with one attached hydrogen (secondary N) is 1. The zero-order valence-corrected chi connectivity index (χ0v) is 13.8. The summed E-state index contributed by atoms with van der Waals surface area (Å²) in [5.41, 5.74) is 4.03. The molecule has 0 spiro atoms. The summed E-state index contributed by atoms with van der Waals surface area (Å²) in [7, 11) is 0. The maximum absolute atomic E-state index is 3.59. The molecule has 2 aromatic carbocycles. The number of aryl methyl sites for hydroxylation is 2. The lowest BCUT2D eigenvalue weighted by molar-refractivity contribution is 0.514. The van der Waals surface area contributed by atoms with Crippen LogP contribution in [0.1, 0.15) is 30.0 Å². The first-order valence-electron chi connectivity index (χ1n) is 7.17. The van der Waals surface area contributed by atoms with Crippen molar-refractivity contribution in [2.24, 2.45) is 0 Å². The molecule has 0 fully saturated rings. The van der Waals surface area contributed by atoms with Crippen molar-refractivity contribution in [3.8, 4) is 0 Å². The molecule has 1 nitrogen and oxygen atoms in total. The first-order valence-corrected chi connectivity index (χ1v) is 7.97. The molecule has 2 aromatic rings. The van der Waals surface area contributed by atoms with E-state index in [-0.39, 0.29) is 0 Å². The van der Waals surface area contributed by atoms with Gasteiger partial charge in [-0.05, 0) is 49.4 Å². The van der Waals surface area contributed by atoms with Crippen LogP contribution in [0.15, 0.2) is 53.0 Å². The second-order valence-corrected chi connectivity index (χ2v) is 6.24. The van der Waals surface area contributed by atoms with Crippen LogP contribution >= 0.6 is 15.9 Å². The largest absolute Gasteiger partial charge is 0.310 e. The van der Waals surface area contributed by atoms with E-state index in [1.165, 1.54) is 21.2 Å². The quantitative estimate of drug-likeness (QED) is 0.796. The van der Waals surface area contributed by atoms with Crippen molar-refractivity contribution >= 4 is 15.9 Å². The van der Waals surface area contributed by atoms with Crippen molar-refractivity contribution in [2.45, 2.75) is 39.3 Å². The van der Waals surface area contributed by atoms with E-state index in [1.807, 2.05) is 0 Å². The van der Waals surface area contributed by atoms with Gasteiger partial charge in [0.25, 0.3) is 0 Å². The molecule has 0 amide bonds. The lowest BCUT2D eigenvalue weighted by Gasteiger charge is -2.14. The van der Waals surface area contributed by atoms with Crippen molar-refractivity contribution < 1.29 is 0 Å². The van der Waals surface area contributed by atoms with Crippen LogP contribution in [0.4, 0.5) is 0 Å². The van der Waals surface area contributed by atoms with Crippen LogP contribution in [0.2, 0.25) is 0 Å². The van der Waals surface area contributed by atoms with Crippen molar-refractivity contribution in [1.82, 2.24) is 5.32 Å². The zero-order valence-electron chi connectivity index (χ0n) is 12.2. The molecule has 106 valence electrons. The van der Waals surface area contributed by atoms with Crippen molar-refractivity contribution in [2.75, 3.05) is 0 Å². The maximum atomic E-state index is 3.59. The van der Waals surface area contributed by atoms with E-state index < -0.39 is 0 Å². The summed E-state index contributed by atoms with van der Waals surface area (Å²) in [5, 5.41) is 3.59. The molecule has 0 radical (unpaired) electrons. The Hall–Kier alpha value is -1.12. The van der Waals surface area contributed by atoms with Gasteiger partial charge in [0, 0.05) is 17.1 Å². The standard InChI is InChI=1S/C18H22BrN/c1-14-8-10-17(12-18(14)19)13-20-15(2)9-11-16-6-4-3-5-7-16/h3-8,10,12,15,20H,9,11,13H2,1-2H3. The highest BCUT2D eigenvalue weighted by Gasteiger charge is 2.03. The molecule has 0 aliphatic rings. The summed E-state index contributed by atoms with van der Waals surface area (Å²) < 4.78 is 1.19. The van der Waals surface area contributed by atoms with Crippen LogP contribution < -0.4 is 5.32 Å². The first-order chi connectivity index (χ1) is 9.65. The Morgan fingerprint density at radius 1 is 1.05 bits per heavy atom. The van der Waals surface area contributed by atoms with E-state index >= 15 is 0 Å². The summed E-state index contributed by atoms with van der Waals surface area (Å²) in [4.78, 5) is 0. The number of halogens is 1. The molecule has 2 rings (SSSR count). The van der Waals surface area contributed by atoms with Crippen LogP contribution in [0.5, 0.6) is 0 Å². The van der Waals surface area contributed by atoms with Crippen LogP contribution in [0, 0.1) is 6.92 Å². The Bertz CT molecular complexity index is 536. The normalized spacial score (nSPS) is 12.3. The van der Waals surface area contributed by atoms with Crippen LogP contribution in [0.25, 0.3) is 0 Å². The van der Waals surface area contributed by atoms with Gasteiger partial charge in [0.05, 0.1) is 0 Å². The highest BCUT2D eigenvalue weighted by molar-refractivity contribution is 9.10. The lowest BCUT2D eigenvalue weighted by atomic mass is 10.1. The molecule has 0 aromatic heterocycles. The Morgan fingerprint density at radius 3 is 2.50 bits per heavy atom. The van der Waals surface area contributed by atoms with Crippen LogP contribution in [0.3, 0.4) is 0 Å². The van der Waals surface area contributed by atoms with Gasteiger partial charge in [0.1, 0.15) is 0 Å². The first kappa shape index (κ1) is 15.3. The number of hydrogen-bond acceptors (Lipinski definition) is 1. The van der Waals surface area contributed by atoms with Crippen molar-refractivity contribution in [3.05, 3.63) is 69.7 Å². The molecule has 20 heavy (non-hydrogen) atoms. The molecule has 0 heterocycles. The smallest absolute Gasteiger partial charge is 0.0208 e. The van der Waals surface area contributed by atoms with E-state index in [4.69, 9.17) is 0 Å². The van der Waals surface area contributed by atoms with E-state index in [0.29, 0.717) is 6.04 Å². The van der Waals surface area contributed by atoms with Gasteiger partial charge in [-0.1, -0.05) is 58.4 Å². The molecule has 2 heteroatoms. The van der Waals surface area contributed by atoms with Crippen LogP contribution in [-0.2, 0) is 13.0 Å². The zero-order chi connectivity index (χ0) is 14.4. The van der Waals surface area contributed by atoms with Gasteiger partial charge >= 0.3 is 0 Å². The molecule has 0 aliphatic carbocycles. The van der Waals surface area contributed by atoms with Gasteiger partial charge in [-0.2, -0.15) is 0 Å². The van der Waals surface area contributed by atoms with Gasteiger partial charge in [0.15, 0.2) is 0 Å². The molecule has 0 saturated carbocycles. The average Bonchev–Trinajstić information content (AvgIpc) is 2.47. The second-order valence-electron chi connectivity index (χ2n) is 5.39. The fraction of sp³-hybridized carbons (Fsp3) is 0.333. The number of rotatable bonds is 6. The molecular formula is C18H22BrN. The monoisotopic (exact) mass is 331 g/mol. The fourth-order valence-electron chi connectivity index (χ4n) is 2.17. The molecule has 0 aliphatic heterocycles. The van der Waals surface area contributed by atoms with Gasteiger partial charge in [-0.15, -0.1) is 0 Å². The topological polar surface area (TPSA) is 12.0 Å². The molecule has 1 unspecified atom stereocenters. The molecule has 0 bridgehead atoms. The highest BCUT2D eigenvalue weighted by atomic mass is 79.9. The van der Waals surface area contributed by atoms with Gasteiger partial charge in [-0.25, -0.2) is 0 Å². The van der Waals surface area contributed by atoms with Crippen LogP contribution in [-0.4, -0.2) is 6.04 Å². The Kier molecular flexibility index (Phi) is 5.81. The van der Waals surface area contributed by atoms with Gasteiger partial charge < -0.3 is 5.32 Å². The molecule has 1 atom stereocenters. The van der Waals surface area contributed by atoms with Crippen molar-refractivity contribution in [1.29, 1.82) is 0 Å². The van der Waals surface area contributed by atoms with E-state index in [2.05, 4.69) is 83.6 Å². The van der Waals surface area contributed by atoms with E-state index in [9.17, 15) is 0 Å².